The molecule has 1 amide bonds. The van der Waals surface area contributed by atoms with Gasteiger partial charge in [-0.1, -0.05) is 54.6 Å². The standard InChI is InChI=1S/C25H26N4O4/c1-31-15-22(30)27-20-13-32-24-21(14-33-23(20)24)29-25-26-12-11-19(28-25)18-9-7-17(8-10-18)16-5-3-2-4-6-16/h2-12,20-21,23-24H,13-15H2,1H3,(H,27,30)(H,26,28,29). The number of benzene rings is 2. The van der Waals surface area contributed by atoms with E-state index >= 15 is 0 Å². The molecule has 2 aromatic carbocycles. The minimum Gasteiger partial charge on any atom is -0.375 e. The van der Waals surface area contributed by atoms with Gasteiger partial charge in [-0.3, -0.25) is 4.79 Å². The molecule has 5 rings (SSSR count). The van der Waals surface area contributed by atoms with Crippen LogP contribution in [0, 0.1) is 0 Å². The Hall–Kier alpha value is -3.33. The van der Waals surface area contributed by atoms with Gasteiger partial charge in [0, 0.05) is 18.9 Å². The van der Waals surface area contributed by atoms with Crippen molar-refractivity contribution in [3.63, 3.8) is 0 Å². The molecule has 3 heterocycles. The number of anilines is 1. The smallest absolute Gasteiger partial charge is 0.246 e. The van der Waals surface area contributed by atoms with E-state index in [0.29, 0.717) is 19.2 Å². The van der Waals surface area contributed by atoms with Gasteiger partial charge in [-0.25, -0.2) is 9.97 Å². The van der Waals surface area contributed by atoms with E-state index in [9.17, 15) is 4.79 Å². The first-order valence-corrected chi connectivity index (χ1v) is 11.0. The second kappa shape index (κ2) is 9.66. The number of methoxy groups -OCH3 is 1. The summed E-state index contributed by atoms with van der Waals surface area (Å²) in [7, 11) is 1.49. The van der Waals surface area contributed by atoms with Crippen LogP contribution in [-0.4, -0.2) is 67.1 Å². The number of hydrogen-bond acceptors (Lipinski definition) is 7. The highest BCUT2D eigenvalue weighted by molar-refractivity contribution is 5.77. The molecule has 8 nitrogen and oxygen atoms in total. The van der Waals surface area contributed by atoms with Crippen LogP contribution in [-0.2, 0) is 19.0 Å². The molecule has 2 aliphatic rings. The molecule has 0 radical (unpaired) electrons. The third kappa shape index (κ3) is 4.73. The molecule has 0 bridgehead atoms. The van der Waals surface area contributed by atoms with Crippen LogP contribution in [0.3, 0.4) is 0 Å². The molecule has 170 valence electrons. The fraction of sp³-hybridized carbons (Fsp3) is 0.320. The van der Waals surface area contributed by atoms with Crippen molar-refractivity contribution in [2.24, 2.45) is 0 Å². The molecule has 3 aromatic rings. The molecule has 0 saturated carbocycles. The lowest BCUT2D eigenvalue weighted by Crippen LogP contribution is -2.45. The number of carbonyl (C=O) groups is 1. The number of carbonyl (C=O) groups excluding carboxylic acids is 1. The van der Waals surface area contributed by atoms with Crippen LogP contribution in [0.25, 0.3) is 22.4 Å². The molecule has 4 unspecified atom stereocenters. The molecule has 0 aliphatic carbocycles. The fourth-order valence-electron chi connectivity index (χ4n) is 4.35. The Morgan fingerprint density at radius 1 is 0.939 bits per heavy atom. The lowest BCUT2D eigenvalue weighted by Gasteiger charge is -2.18. The predicted molar refractivity (Wildman–Crippen MR) is 124 cm³/mol. The van der Waals surface area contributed by atoms with Crippen LogP contribution in [0.5, 0.6) is 0 Å². The molecule has 2 aliphatic heterocycles. The highest BCUT2D eigenvalue weighted by atomic mass is 16.6. The van der Waals surface area contributed by atoms with E-state index < -0.39 is 0 Å². The molecule has 8 heteroatoms. The number of aromatic nitrogens is 2. The molecular weight excluding hydrogens is 420 g/mol. The monoisotopic (exact) mass is 446 g/mol. The molecule has 2 N–H and O–H groups in total. The zero-order chi connectivity index (χ0) is 22.6. The second-order valence-electron chi connectivity index (χ2n) is 8.16. The number of rotatable bonds is 7. The summed E-state index contributed by atoms with van der Waals surface area (Å²) in [5.41, 5.74) is 4.18. The van der Waals surface area contributed by atoms with Gasteiger partial charge in [0.2, 0.25) is 11.9 Å². The SMILES string of the molecule is COCC(=O)NC1COC2C(Nc3nccc(-c4ccc(-c5ccccc5)cc4)n3)COC12. The van der Waals surface area contributed by atoms with Crippen molar-refractivity contribution in [1.82, 2.24) is 15.3 Å². The molecule has 2 saturated heterocycles. The topological polar surface area (TPSA) is 94.6 Å². The molecular formula is C25H26N4O4. The lowest BCUT2D eigenvalue weighted by atomic mass is 10.0. The number of ether oxygens (including phenoxy) is 3. The molecule has 33 heavy (non-hydrogen) atoms. The third-order valence-electron chi connectivity index (χ3n) is 5.93. The average Bonchev–Trinajstić information content (AvgIpc) is 3.43. The Balaban J connectivity index is 1.25. The van der Waals surface area contributed by atoms with Crippen molar-refractivity contribution < 1.29 is 19.0 Å². The number of nitrogens with one attached hydrogen (secondary N) is 2. The quantitative estimate of drug-likeness (QED) is 0.576. The Morgan fingerprint density at radius 3 is 2.36 bits per heavy atom. The van der Waals surface area contributed by atoms with Crippen molar-refractivity contribution in [2.75, 3.05) is 32.2 Å². The third-order valence-corrected chi connectivity index (χ3v) is 5.93. The first-order valence-electron chi connectivity index (χ1n) is 11.0. The molecule has 4 atom stereocenters. The summed E-state index contributed by atoms with van der Waals surface area (Å²) >= 11 is 0. The van der Waals surface area contributed by atoms with E-state index in [1.54, 1.807) is 6.20 Å². The zero-order valence-corrected chi connectivity index (χ0v) is 18.3. The summed E-state index contributed by atoms with van der Waals surface area (Å²) in [6, 6.07) is 20.2. The van der Waals surface area contributed by atoms with E-state index in [0.717, 1.165) is 16.8 Å². The summed E-state index contributed by atoms with van der Waals surface area (Å²) in [5.74, 6) is 0.338. The van der Waals surface area contributed by atoms with Gasteiger partial charge in [0.05, 0.1) is 31.0 Å². The lowest BCUT2D eigenvalue weighted by molar-refractivity contribution is -0.126. The summed E-state index contributed by atoms with van der Waals surface area (Å²) in [4.78, 5) is 20.9. The van der Waals surface area contributed by atoms with E-state index in [1.807, 2.05) is 24.3 Å². The number of hydrogen-bond donors (Lipinski definition) is 2. The van der Waals surface area contributed by atoms with Crippen molar-refractivity contribution >= 4 is 11.9 Å². The molecule has 0 spiro atoms. The first kappa shape index (κ1) is 21.5. The maximum Gasteiger partial charge on any atom is 0.246 e. The summed E-state index contributed by atoms with van der Waals surface area (Å²) in [6.45, 7) is 0.867. The van der Waals surface area contributed by atoms with E-state index in [1.165, 1.54) is 12.7 Å². The highest BCUT2D eigenvalue weighted by Gasteiger charge is 2.48. The molecule has 2 fully saturated rings. The first-order chi connectivity index (χ1) is 16.2. The minimum atomic E-state index is -0.211. The van der Waals surface area contributed by atoms with E-state index in [4.69, 9.17) is 19.2 Å². The normalized spacial score (nSPS) is 23.8. The largest absolute Gasteiger partial charge is 0.375 e. The number of amides is 1. The van der Waals surface area contributed by atoms with Crippen LogP contribution >= 0.6 is 0 Å². The van der Waals surface area contributed by atoms with Crippen LogP contribution < -0.4 is 10.6 Å². The Kier molecular flexibility index (Phi) is 6.30. The van der Waals surface area contributed by atoms with Gasteiger partial charge in [-0.2, -0.15) is 0 Å². The van der Waals surface area contributed by atoms with Gasteiger partial charge < -0.3 is 24.8 Å². The highest BCUT2D eigenvalue weighted by Crippen LogP contribution is 2.29. The Labute approximate surface area is 192 Å². The van der Waals surface area contributed by atoms with Gasteiger partial charge in [0.1, 0.15) is 18.8 Å². The van der Waals surface area contributed by atoms with Gasteiger partial charge in [-0.15, -0.1) is 0 Å². The summed E-state index contributed by atoms with van der Waals surface area (Å²) < 4.78 is 16.7. The maximum absolute atomic E-state index is 11.9. The van der Waals surface area contributed by atoms with E-state index in [2.05, 4.69) is 52.0 Å². The van der Waals surface area contributed by atoms with Crippen molar-refractivity contribution in [3.05, 3.63) is 66.9 Å². The Morgan fingerprint density at radius 2 is 1.61 bits per heavy atom. The van der Waals surface area contributed by atoms with Crippen LogP contribution in [0.15, 0.2) is 66.9 Å². The van der Waals surface area contributed by atoms with E-state index in [-0.39, 0.29) is 36.8 Å². The predicted octanol–water partition coefficient (Wildman–Crippen LogP) is 2.52. The van der Waals surface area contributed by atoms with Gasteiger partial charge in [0.15, 0.2) is 0 Å². The van der Waals surface area contributed by atoms with Crippen LogP contribution in [0.1, 0.15) is 0 Å². The van der Waals surface area contributed by atoms with Crippen LogP contribution in [0.4, 0.5) is 5.95 Å². The number of fused-ring (bicyclic) bond motifs is 1. The summed E-state index contributed by atoms with van der Waals surface area (Å²) in [5, 5.41) is 6.26. The van der Waals surface area contributed by atoms with Crippen molar-refractivity contribution in [2.45, 2.75) is 24.3 Å². The fourth-order valence-corrected chi connectivity index (χ4v) is 4.35. The summed E-state index contributed by atoms with van der Waals surface area (Å²) in [6.07, 6.45) is 1.35. The minimum absolute atomic E-state index is 0.0164. The second-order valence-corrected chi connectivity index (χ2v) is 8.16. The zero-order valence-electron chi connectivity index (χ0n) is 18.3. The average molecular weight is 447 g/mol. The van der Waals surface area contributed by atoms with Crippen LogP contribution in [0.2, 0.25) is 0 Å². The van der Waals surface area contributed by atoms with Gasteiger partial charge >= 0.3 is 0 Å². The number of nitrogens with zero attached hydrogens (tertiary/aromatic N) is 2. The Bertz CT molecular complexity index is 1090. The van der Waals surface area contributed by atoms with Crippen molar-refractivity contribution in [1.29, 1.82) is 0 Å². The van der Waals surface area contributed by atoms with Gasteiger partial charge in [0.25, 0.3) is 0 Å². The molecule has 1 aromatic heterocycles. The van der Waals surface area contributed by atoms with Gasteiger partial charge in [-0.05, 0) is 17.2 Å². The van der Waals surface area contributed by atoms with Crippen molar-refractivity contribution in [3.8, 4) is 22.4 Å². The maximum atomic E-state index is 11.9.